The van der Waals surface area contributed by atoms with Gasteiger partial charge in [0, 0.05) is 0 Å². The summed E-state index contributed by atoms with van der Waals surface area (Å²) < 4.78 is 0. The molecule has 1 aromatic rings. The van der Waals surface area contributed by atoms with Gasteiger partial charge in [-0.1, -0.05) is 13.8 Å². The summed E-state index contributed by atoms with van der Waals surface area (Å²) in [5.41, 5.74) is 0.990. The quantitative estimate of drug-likeness (QED) is 0.799. The molecule has 1 rings (SSSR count). The molecule has 0 aliphatic heterocycles. The largest absolute Gasteiger partial charge is 0.508 e. The van der Waals surface area contributed by atoms with Crippen LogP contribution >= 0.6 is 0 Å². The highest BCUT2D eigenvalue weighted by Gasteiger charge is 2.10. The molecule has 0 unspecified atom stereocenters. The van der Waals surface area contributed by atoms with Gasteiger partial charge in [0.1, 0.15) is 5.75 Å². The first-order valence-electron chi connectivity index (χ1n) is 5.06. The van der Waals surface area contributed by atoms with Gasteiger partial charge >= 0.3 is 5.97 Å². The molecule has 0 aliphatic rings. The van der Waals surface area contributed by atoms with Crippen LogP contribution in [-0.2, 0) is 6.42 Å². The zero-order valence-corrected chi connectivity index (χ0v) is 9.03. The fourth-order valence-electron chi connectivity index (χ4n) is 1.44. The van der Waals surface area contributed by atoms with Crippen molar-refractivity contribution >= 4 is 5.97 Å². The van der Waals surface area contributed by atoms with Crippen LogP contribution in [0.3, 0.4) is 0 Å². The molecule has 0 heterocycles. The van der Waals surface area contributed by atoms with Crippen LogP contribution in [0.15, 0.2) is 18.2 Å². The highest BCUT2D eigenvalue weighted by atomic mass is 16.4. The van der Waals surface area contributed by atoms with E-state index in [0.717, 1.165) is 6.42 Å². The summed E-state index contributed by atoms with van der Waals surface area (Å²) in [7, 11) is 0. The molecule has 0 aromatic heterocycles. The Labute approximate surface area is 89.4 Å². The first kappa shape index (κ1) is 11.6. The molecule has 82 valence electrons. The van der Waals surface area contributed by atoms with E-state index in [0.29, 0.717) is 17.9 Å². The fraction of sp³-hybridized carbons (Fsp3) is 0.417. The van der Waals surface area contributed by atoms with Gasteiger partial charge in [-0.25, -0.2) is 4.79 Å². The Hall–Kier alpha value is -1.51. The predicted molar refractivity (Wildman–Crippen MR) is 58.2 cm³/mol. The Balaban J connectivity index is 2.92. The van der Waals surface area contributed by atoms with Crippen molar-refractivity contribution < 1.29 is 15.0 Å². The van der Waals surface area contributed by atoms with Gasteiger partial charge in [0.05, 0.1) is 5.56 Å². The topological polar surface area (TPSA) is 57.5 Å². The molecule has 3 nitrogen and oxygen atoms in total. The van der Waals surface area contributed by atoms with Gasteiger partial charge < -0.3 is 10.2 Å². The van der Waals surface area contributed by atoms with Crippen molar-refractivity contribution in [2.75, 3.05) is 0 Å². The number of aromatic carboxylic acids is 1. The molecular formula is C12H16O3. The molecule has 0 aliphatic carbocycles. The zero-order chi connectivity index (χ0) is 11.4. The monoisotopic (exact) mass is 208 g/mol. The Morgan fingerprint density at radius 1 is 1.40 bits per heavy atom. The Kier molecular flexibility index (Phi) is 3.72. The third kappa shape index (κ3) is 3.27. The molecule has 0 amide bonds. The molecular weight excluding hydrogens is 192 g/mol. The molecule has 0 fully saturated rings. The second kappa shape index (κ2) is 4.82. The minimum absolute atomic E-state index is 0.124. The van der Waals surface area contributed by atoms with Crippen molar-refractivity contribution in [3.63, 3.8) is 0 Å². The lowest BCUT2D eigenvalue weighted by molar-refractivity contribution is 0.0695. The van der Waals surface area contributed by atoms with Crippen molar-refractivity contribution in [3.05, 3.63) is 29.3 Å². The van der Waals surface area contributed by atoms with Crippen LogP contribution in [0.25, 0.3) is 0 Å². The van der Waals surface area contributed by atoms with E-state index >= 15 is 0 Å². The highest BCUT2D eigenvalue weighted by molar-refractivity contribution is 5.89. The van der Waals surface area contributed by atoms with Gasteiger partial charge in [0.25, 0.3) is 0 Å². The third-order valence-electron chi connectivity index (χ3n) is 2.31. The smallest absolute Gasteiger partial charge is 0.335 e. The van der Waals surface area contributed by atoms with Crippen molar-refractivity contribution in [1.82, 2.24) is 0 Å². The van der Waals surface area contributed by atoms with E-state index in [2.05, 4.69) is 13.8 Å². The lowest BCUT2D eigenvalue weighted by Crippen LogP contribution is -2.03. The van der Waals surface area contributed by atoms with Crippen LogP contribution in [0.2, 0.25) is 0 Å². The first-order chi connectivity index (χ1) is 7.00. The summed E-state index contributed by atoms with van der Waals surface area (Å²) in [5.74, 6) is -0.290. The fourth-order valence-corrected chi connectivity index (χ4v) is 1.44. The molecule has 0 saturated heterocycles. The Bertz CT molecular complexity index is 356. The molecule has 2 N–H and O–H groups in total. The van der Waals surface area contributed by atoms with Crippen LogP contribution in [0.4, 0.5) is 0 Å². The normalized spacial score (nSPS) is 10.6. The average Bonchev–Trinajstić information content (AvgIpc) is 2.14. The highest BCUT2D eigenvalue weighted by Crippen LogP contribution is 2.19. The Morgan fingerprint density at radius 3 is 2.60 bits per heavy atom. The molecule has 0 bridgehead atoms. The number of carboxylic acid groups (broad SMARTS) is 1. The number of aromatic hydroxyl groups is 1. The summed E-state index contributed by atoms with van der Waals surface area (Å²) in [6.45, 7) is 4.17. The molecule has 15 heavy (non-hydrogen) atoms. The van der Waals surface area contributed by atoms with Crippen LogP contribution in [0.5, 0.6) is 5.75 Å². The standard InChI is InChI=1S/C12H16O3/c1-8(2)3-4-9-7-10(13)5-6-11(9)12(14)15/h5-8,13H,3-4H2,1-2H3,(H,14,15). The number of carboxylic acids is 1. The summed E-state index contributed by atoms with van der Waals surface area (Å²) in [6.07, 6.45) is 1.61. The lowest BCUT2D eigenvalue weighted by atomic mass is 9.98. The number of phenolic OH excluding ortho intramolecular Hbond substituents is 1. The number of aryl methyl sites for hydroxylation is 1. The van der Waals surface area contributed by atoms with E-state index in [1.807, 2.05) is 0 Å². The van der Waals surface area contributed by atoms with Gasteiger partial charge in [-0.05, 0) is 42.5 Å². The summed E-state index contributed by atoms with van der Waals surface area (Å²) >= 11 is 0. The summed E-state index contributed by atoms with van der Waals surface area (Å²) in [6, 6.07) is 4.39. The van der Waals surface area contributed by atoms with E-state index in [4.69, 9.17) is 5.11 Å². The van der Waals surface area contributed by atoms with Crippen LogP contribution in [0, 0.1) is 5.92 Å². The number of hydrogen-bond acceptors (Lipinski definition) is 2. The lowest BCUT2D eigenvalue weighted by Gasteiger charge is -2.08. The Morgan fingerprint density at radius 2 is 2.07 bits per heavy atom. The SMILES string of the molecule is CC(C)CCc1cc(O)ccc1C(=O)O. The molecule has 1 aromatic carbocycles. The maximum Gasteiger partial charge on any atom is 0.335 e. The van der Waals surface area contributed by atoms with E-state index < -0.39 is 5.97 Å². The van der Waals surface area contributed by atoms with Gasteiger partial charge in [-0.2, -0.15) is 0 Å². The zero-order valence-electron chi connectivity index (χ0n) is 9.03. The summed E-state index contributed by atoms with van der Waals surface area (Å²) in [4.78, 5) is 10.9. The minimum atomic E-state index is -0.936. The maximum absolute atomic E-state index is 10.9. The molecule has 3 heteroatoms. The van der Waals surface area contributed by atoms with Crippen molar-refractivity contribution in [3.8, 4) is 5.75 Å². The molecule has 0 saturated carbocycles. The van der Waals surface area contributed by atoms with Gasteiger partial charge in [-0.15, -0.1) is 0 Å². The number of rotatable bonds is 4. The van der Waals surface area contributed by atoms with Gasteiger partial charge in [0.15, 0.2) is 0 Å². The van der Waals surface area contributed by atoms with E-state index in [1.54, 1.807) is 0 Å². The second-order valence-electron chi connectivity index (χ2n) is 4.08. The number of phenols is 1. The number of hydrogen-bond donors (Lipinski definition) is 2. The van der Waals surface area contributed by atoms with E-state index in [9.17, 15) is 9.90 Å². The third-order valence-corrected chi connectivity index (χ3v) is 2.31. The number of carbonyl (C=O) groups is 1. The predicted octanol–water partition coefficient (Wildman–Crippen LogP) is 2.68. The number of benzene rings is 1. The van der Waals surface area contributed by atoms with Crippen LogP contribution in [-0.4, -0.2) is 16.2 Å². The van der Waals surface area contributed by atoms with Crippen molar-refractivity contribution in [2.24, 2.45) is 5.92 Å². The summed E-state index contributed by atoms with van der Waals surface area (Å²) in [5, 5.41) is 18.2. The van der Waals surface area contributed by atoms with Crippen LogP contribution in [0.1, 0.15) is 36.2 Å². The second-order valence-corrected chi connectivity index (χ2v) is 4.08. The first-order valence-corrected chi connectivity index (χ1v) is 5.06. The van der Waals surface area contributed by atoms with Crippen molar-refractivity contribution in [2.45, 2.75) is 26.7 Å². The molecule has 0 radical (unpaired) electrons. The average molecular weight is 208 g/mol. The van der Waals surface area contributed by atoms with Gasteiger partial charge in [-0.3, -0.25) is 0 Å². The van der Waals surface area contributed by atoms with E-state index in [-0.39, 0.29) is 11.3 Å². The minimum Gasteiger partial charge on any atom is -0.508 e. The van der Waals surface area contributed by atoms with Crippen LogP contribution < -0.4 is 0 Å². The molecule has 0 spiro atoms. The molecule has 0 atom stereocenters. The van der Waals surface area contributed by atoms with E-state index in [1.165, 1.54) is 18.2 Å². The van der Waals surface area contributed by atoms with Gasteiger partial charge in [0.2, 0.25) is 0 Å². The maximum atomic E-state index is 10.9. The van der Waals surface area contributed by atoms with Crippen molar-refractivity contribution in [1.29, 1.82) is 0 Å².